The number of benzene rings is 2. The molecule has 7 nitrogen and oxygen atoms in total. The lowest BCUT2D eigenvalue weighted by atomic mass is 10.0. The SMILES string of the molecule is CCCOc1ccc(-c2c(S(N)(=O)=O)cccc2S(=O)(=O)O)c(F)c1. The van der Waals surface area contributed by atoms with E-state index in [4.69, 9.17) is 9.88 Å². The summed E-state index contributed by atoms with van der Waals surface area (Å²) in [6.07, 6.45) is 0.699. The van der Waals surface area contributed by atoms with Crippen molar-refractivity contribution in [2.45, 2.75) is 23.1 Å². The van der Waals surface area contributed by atoms with Crippen LogP contribution in [0.15, 0.2) is 46.2 Å². The minimum atomic E-state index is -4.82. The molecule has 0 aliphatic carbocycles. The number of primary sulfonamides is 1. The van der Waals surface area contributed by atoms with Gasteiger partial charge in [0.25, 0.3) is 10.1 Å². The van der Waals surface area contributed by atoms with E-state index in [-0.39, 0.29) is 11.3 Å². The second kappa shape index (κ2) is 7.08. The highest BCUT2D eigenvalue weighted by atomic mass is 32.2. The molecule has 0 atom stereocenters. The minimum Gasteiger partial charge on any atom is -0.494 e. The summed E-state index contributed by atoms with van der Waals surface area (Å²) in [6, 6.07) is 6.60. The summed E-state index contributed by atoms with van der Waals surface area (Å²) in [7, 11) is -9.20. The fourth-order valence-corrected chi connectivity index (χ4v) is 3.80. The van der Waals surface area contributed by atoms with Gasteiger partial charge in [-0.15, -0.1) is 0 Å². The van der Waals surface area contributed by atoms with Crippen molar-refractivity contribution >= 4 is 20.1 Å². The molecule has 25 heavy (non-hydrogen) atoms. The van der Waals surface area contributed by atoms with Crippen LogP contribution in [0.5, 0.6) is 5.75 Å². The van der Waals surface area contributed by atoms with E-state index >= 15 is 0 Å². The number of nitrogens with two attached hydrogens (primary N) is 1. The Morgan fingerprint density at radius 2 is 1.76 bits per heavy atom. The van der Waals surface area contributed by atoms with E-state index in [0.29, 0.717) is 13.0 Å². The van der Waals surface area contributed by atoms with Crippen LogP contribution in [0.25, 0.3) is 11.1 Å². The fraction of sp³-hybridized carbons (Fsp3) is 0.200. The Morgan fingerprint density at radius 1 is 1.12 bits per heavy atom. The lowest BCUT2D eigenvalue weighted by molar-refractivity contribution is 0.316. The van der Waals surface area contributed by atoms with Gasteiger partial charge in [0.1, 0.15) is 16.5 Å². The molecule has 0 aliphatic rings. The Morgan fingerprint density at radius 3 is 2.28 bits per heavy atom. The Kier molecular flexibility index (Phi) is 5.47. The van der Waals surface area contributed by atoms with E-state index in [1.165, 1.54) is 12.1 Å². The van der Waals surface area contributed by atoms with E-state index < -0.39 is 41.3 Å². The van der Waals surface area contributed by atoms with Gasteiger partial charge in [0.05, 0.1) is 11.5 Å². The molecule has 0 unspecified atom stereocenters. The van der Waals surface area contributed by atoms with E-state index in [1.54, 1.807) is 0 Å². The van der Waals surface area contributed by atoms with Gasteiger partial charge in [-0.05, 0) is 30.7 Å². The molecular formula is C15H16FNO6S2. The molecule has 0 aromatic heterocycles. The maximum absolute atomic E-state index is 14.5. The first-order valence-corrected chi connectivity index (χ1v) is 10.1. The van der Waals surface area contributed by atoms with Gasteiger partial charge >= 0.3 is 0 Å². The molecule has 2 aromatic rings. The molecule has 10 heteroatoms. The van der Waals surface area contributed by atoms with Gasteiger partial charge in [-0.1, -0.05) is 13.0 Å². The third-order valence-electron chi connectivity index (χ3n) is 3.26. The molecule has 0 heterocycles. The van der Waals surface area contributed by atoms with Gasteiger partial charge in [-0.3, -0.25) is 4.55 Å². The van der Waals surface area contributed by atoms with Crippen molar-refractivity contribution in [1.82, 2.24) is 0 Å². The molecule has 0 amide bonds. The Labute approximate surface area is 145 Å². The quantitative estimate of drug-likeness (QED) is 0.730. The van der Waals surface area contributed by atoms with E-state index in [0.717, 1.165) is 24.3 Å². The van der Waals surface area contributed by atoms with Crippen molar-refractivity contribution in [3.05, 3.63) is 42.2 Å². The van der Waals surface area contributed by atoms with Gasteiger partial charge < -0.3 is 4.74 Å². The van der Waals surface area contributed by atoms with Crippen molar-refractivity contribution in [2.24, 2.45) is 5.14 Å². The zero-order valence-electron chi connectivity index (χ0n) is 13.1. The van der Waals surface area contributed by atoms with Gasteiger partial charge in [0.15, 0.2) is 0 Å². The van der Waals surface area contributed by atoms with Gasteiger partial charge in [0, 0.05) is 17.2 Å². The predicted octanol–water partition coefficient (Wildman–Crippen LogP) is 2.18. The van der Waals surface area contributed by atoms with Crippen LogP contribution in [-0.4, -0.2) is 28.0 Å². The summed E-state index contributed by atoms with van der Waals surface area (Å²) in [5, 5.41) is 5.10. The lowest BCUT2D eigenvalue weighted by Gasteiger charge is -2.14. The average molecular weight is 389 g/mol. The molecule has 136 valence electrons. The molecule has 0 aliphatic heterocycles. The van der Waals surface area contributed by atoms with Crippen LogP contribution in [0.1, 0.15) is 13.3 Å². The lowest BCUT2D eigenvalue weighted by Crippen LogP contribution is -2.15. The first-order valence-electron chi connectivity index (χ1n) is 7.11. The minimum absolute atomic E-state index is 0.199. The van der Waals surface area contributed by atoms with Crippen LogP contribution in [0.3, 0.4) is 0 Å². The number of halogens is 1. The Bertz CT molecular complexity index is 952. The average Bonchev–Trinajstić information content (AvgIpc) is 2.50. The normalized spacial score (nSPS) is 12.2. The molecule has 2 rings (SSSR count). The third kappa shape index (κ3) is 4.34. The summed E-state index contributed by atoms with van der Waals surface area (Å²) in [6.45, 7) is 2.22. The van der Waals surface area contributed by atoms with Crippen molar-refractivity contribution in [3.63, 3.8) is 0 Å². The Balaban J connectivity index is 2.78. The number of sulfonamides is 1. The second-order valence-electron chi connectivity index (χ2n) is 5.14. The van der Waals surface area contributed by atoms with E-state index in [2.05, 4.69) is 0 Å². The molecule has 0 saturated heterocycles. The summed E-state index contributed by atoms with van der Waals surface area (Å²) in [5.41, 5.74) is -0.881. The van der Waals surface area contributed by atoms with Gasteiger partial charge in [-0.25, -0.2) is 17.9 Å². The first-order chi connectivity index (χ1) is 11.6. The molecule has 2 aromatic carbocycles. The zero-order valence-corrected chi connectivity index (χ0v) is 14.8. The maximum Gasteiger partial charge on any atom is 0.295 e. The third-order valence-corrected chi connectivity index (χ3v) is 5.10. The second-order valence-corrected chi connectivity index (χ2v) is 8.06. The number of hydrogen-bond donors (Lipinski definition) is 2. The number of rotatable bonds is 6. The zero-order chi connectivity index (χ0) is 18.8. The summed E-state index contributed by atoms with van der Waals surface area (Å²) in [4.78, 5) is -1.39. The monoisotopic (exact) mass is 389 g/mol. The highest BCUT2D eigenvalue weighted by Gasteiger charge is 2.26. The maximum atomic E-state index is 14.5. The highest BCUT2D eigenvalue weighted by Crippen LogP contribution is 2.36. The van der Waals surface area contributed by atoms with E-state index in [1.807, 2.05) is 6.92 Å². The number of hydrogen-bond acceptors (Lipinski definition) is 5. The largest absolute Gasteiger partial charge is 0.494 e. The summed E-state index contributed by atoms with van der Waals surface area (Å²) in [5.74, 6) is -0.723. The summed E-state index contributed by atoms with van der Waals surface area (Å²) >= 11 is 0. The molecule has 0 radical (unpaired) electrons. The van der Waals surface area contributed by atoms with Crippen molar-refractivity contribution in [1.29, 1.82) is 0 Å². The van der Waals surface area contributed by atoms with Crippen molar-refractivity contribution in [3.8, 4) is 16.9 Å². The van der Waals surface area contributed by atoms with E-state index in [9.17, 15) is 25.8 Å². The van der Waals surface area contributed by atoms with Crippen molar-refractivity contribution in [2.75, 3.05) is 6.61 Å². The first kappa shape index (κ1) is 19.3. The molecule has 0 spiro atoms. The predicted molar refractivity (Wildman–Crippen MR) is 88.8 cm³/mol. The van der Waals surface area contributed by atoms with Crippen LogP contribution in [0.2, 0.25) is 0 Å². The van der Waals surface area contributed by atoms with Crippen LogP contribution >= 0.6 is 0 Å². The van der Waals surface area contributed by atoms with Gasteiger partial charge in [0.2, 0.25) is 10.0 Å². The topological polar surface area (TPSA) is 124 Å². The van der Waals surface area contributed by atoms with Crippen LogP contribution in [-0.2, 0) is 20.1 Å². The van der Waals surface area contributed by atoms with Crippen LogP contribution in [0, 0.1) is 5.82 Å². The highest BCUT2D eigenvalue weighted by molar-refractivity contribution is 7.89. The van der Waals surface area contributed by atoms with Crippen LogP contribution < -0.4 is 9.88 Å². The van der Waals surface area contributed by atoms with Crippen LogP contribution in [0.4, 0.5) is 4.39 Å². The molecular weight excluding hydrogens is 373 g/mol. The Hall–Kier alpha value is -2.01. The molecule has 3 N–H and O–H groups in total. The standard InChI is InChI=1S/C15H16FNO6S2/c1-2-8-23-10-6-7-11(12(16)9-10)15-13(24(17,18)19)4-3-5-14(15)25(20,21)22/h3-7,9H,2,8H2,1H3,(H2,17,18,19)(H,20,21,22). The van der Waals surface area contributed by atoms with Crippen molar-refractivity contribution < 1.29 is 30.5 Å². The molecule has 0 fully saturated rings. The number of ether oxygens (including phenoxy) is 1. The molecule has 0 saturated carbocycles. The summed E-state index contributed by atoms with van der Waals surface area (Å²) < 4.78 is 75.9. The molecule has 0 bridgehead atoms. The van der Waals surface area contributed by atoms with Gasteiger partial charge in [-0.2, -0.15) is 8.42 Å². The fourth-order valence-electron chi connectivity index (χ4n) is 2.24. The smallest absolute Gasteiger partial charge is 0.295 e.